The molecule has 0 saturated heterocycles. The molecule has 2 aromatic rings. The van der Waals surface area contributed by atoms with Gasteiger partial charge in [-0.1, -0.05) is 23.4 Å². The first-order chi connectivity index (χ1) is 8.27. The highest BCUT2D eigenvalue weighted by Crippen LogP contribution is 2.22. The van der Waals surface area contributed by atoms with Gasteiger partial charge in [-0.3, -0.25) is 0 Å². The van der Waals surface area contributed by atoms with Gasteiger partial charge in [0.2, 0.25) is 5.69 Å². The Hall–Kier alpha value is -1.82. The summed E-state index contributed by atoms with van der Waals surface area (Å²) in [7, 11) is 1.33. The van der Waals surface area contributed by atoms with Crippen molar-refractivity contribution in [1.82, 2.24) is 15.0 Å². The monoisotopic (exact) mass is 249 g/mol. The summed E-state index contributed by atoms with van der Waals surface area (Å²) in [5.74, 6) is -0.475. The van der Waals surface area contributed by atoms with Gasteiger partial charge in [-0.2, -0.15) is 0 Å². The standard InChI is InChI=1S/C11H11N3O2S/c1-16-11(15)9-10(17-2)14(13-12-9)8-6-4-3-5-7-8/h3-7H,1-2H3. The minimum absolute atomic E-state index is 0.240. The fourth-order valence-corrected chi connectivity index (χ4v) is 2.05. The number of aromatic nitrogens is 3. The maximum atomic E-state index is 11.5. The van der Waals surface area contributed by atoms with E-state index in [1.165, 1.54) is 18.9 Å². The van der Waals surface area contributed by atoms with Crippen molar-refractivity contribution in [1.29, 1.82) is 0 Å². The van der Waals surface area contributed by atoms with Crippen molar-refractivity contribution in [3.63, 3.8) is 0 Å². The minimum Gasteiger partial charge on any atom is -0.464 e. The first kappa shape index (κ1) is 11.7. The molecule has 5 nitrogen and oxygen atoms in total. The van der Waals surface area contributed by atoms with E-state index in [4.69, 9.17) is 0 Å². The van der Waals surface area contributed by atoms with Crippen LogP contribution in [0.4, 0.5) is 0 Å². The topological polar surface area (TPSA) is 57.0 Å². The Morgan fingerprint density at radius 3 is 2.65 bits per heavy atom. The van der Waals surface area contributed by atoms with Gasteiger partial charge in [0.15, 0.2) is 0 Å². The molecule has 0 aliphatic carbocycles. The molecule has 0 spiro atoms. The highest BCUT2D eigenvalue weighted by Gasteiger charge is 2.20. The highest BCUT2D eigenvalue weighted by molar-refractivity contribution is 7.98. The minimum atomic E-state index is -0.475. The van der Waals surface area contributed by atoms with Crippen molar-refractivity contribution in [3.05, 3.63) is 36.0 Å². The summed E-state index contributed by atoms with van der Waals surface area (Å²) in [4.78, 5) is 11.5. The van der Waals surface area contributed by atoms with Gasteiger partial charge < -0.3 is 4.74 Å². The Labute approximate surface area is 103 Å². The van der Waals surface area contributed by atoms with Gasteiger partial charge in [-0.15, -0.1) is 16.9 Å². The van der Waals surface area contributed by atoms with E-state index in [2.05, 4.69) is 15.0 Å². The molecule has 0 atom stereocenters. The van der Waals surface area contributed by atoms with Crippen LogP contribution >= 0.6 is 11.8 Å². The van der Waals surface area contributed by atoms with Crippen molar-refractivity contribution in [3.8, 4) is 5.69 Å². The van der Waals surface area contributed by atoms with E-state index in [1.54, 1.807) is 4.68 Å². The molecular formula is C11H11N3O2S. The van der Waals surface area contributed by atoms with Crippen molar-refractivity contribution in [2.24, 2.45) is 0 Å². The van der Waals surface area contributed by atoms with Crippen molar-refractivity contribution in [2.75, 3.05) is 13.4 Å². The summed E-state index contributed by atoms with van der Waals surface area (Å²) in [6.07, 6.45) is 1.87. The molecule has 1 aromatic carbocycles. The van der Waals surface area contributed by atoms with E-state index in [-0.39, 0.29) is 5.69 Å². The lowest BCUT2D eigenvalue weighted by molar-refractivity contribution is 0.0589. The first-order valence-electron chi connectivity index (χ1n) is 4.91. The molecule has 88 valence electrons. The van der Waals surface area contributed by atoms with E-state index in [1.807, 2.05) is 36.6 Å². The van der Waals surface area contributed by atoms with Crippen LogP contribution in [-0.4, -0.2) is 34.3 Å². The van der Waals surface area contributed by atoms with Crippen molar-refractivity contribution < 1.29 is 9.53 Å². The van der Waals surface area contributed by atoms with Gasteiger partial charge >= 0.3 is 5.97 Å². The normalized spacial score (nSPS) is 10.2. The number of esters is 1. The summed E-state index contributed by atoms with van der Waals surface area (Å²) < 4.78 is 6.28. The largest absolute Gasteiger partial charge is 0.464 e. The molecule has 0 aliphatic rings. The van der Waals surface area contributed by atoms with Crippen molar-refractivity contribution >= 4 is 17.7 Å². The van der Waals surface area contributed by atoms with Gasteiger partial charge in [0.25, 0.3) is 0 Å². The summed E-state index contributed by atoms with van der Waals surface area (Å²) in [6, 6.07) is 9.52. The molecular weight excluding hydrogens is 238 g/mol. The fourth-order valence-electron chi connectivity index (χ4n) is 1.42. The maximum Gasteiger partial charge on any atom is 0.361 e. The second-order valence-electron chi connectivity index (χ2n) is 3.19. The summed E-state index contributed by atoms with van der Waals surface area (Å²) >= 11 is 1.40. The molecule has 0 fully saturated rings. The third-order valence-electron chi connectivity index (χ3n) is 2.20. The van der Waals surface area contributed by atoms with Gasteiger partial charge in [0, 0.05) is 0 Å². The predicted molar refractivity (Wildman–Crippen MR) is 64.5 cm³/mol. The van der Waals surface area contributed by atoms with Crippen LogP contribution in [0.3, 0.4) is 0 Å². The molecule has 0 N–H and O–H groups in total. The molecule has 6 heteroatoms. The molecule has 2 rings (SSSR count). The average molecular weight is 249 g/mol. The van der Waals surface area contributed by atoms with E-state index < -0.39 is 5.97 Å². The zero-order chi connectivity index (χ0) is 12.3. The molecule has 0 radical (unpaired) electrons. The lowest BCUT2D eigenvalue weighted by atomic mass is 10.3. The van der Waals surface area contributed by atoms with Crippen LogP contribution in [0.25, 0.3) is 5.69 Å². The number of carbonyl (C=O) groups is 1. The number of thioether (sulfide) groups is 1. The molecule has 17 heavy (non-hydrogen) atoms. The SMILES string of the molecule is COC(=O)c1nnn(-c2ccccc2)c1SC. The zero-order valence-electron chi connectivity index (χ0n) is 9.45. The second-order valence-corrected chi connectivity index (χ2v) is 3.98. The number of ether oxygens (including phenoxy) is 1. The quantitative estimate of drug-likeness (QED) is 0.613. The Bertz CT molecular complexity index is 525. The van der Waals surface area contributed by atoms with Crippen LogP contribution < -0.4 is 0 Å². The van der Waals surface area contributed by atoms with Crippen LogP contribution in [0.5, 0.6) is 0 Å². The predicted octanol–water partition coefficient (Wildman–Crippen LogP) is 1.78. The molecule has 1 aromatic heterocycles. The maximum absolute atomic E-state index is 11.5. The van der Waals surface area contributed by atoms with E-state index in [0.29, 0.717) is 5.03 Å². The smallest absolute Gasteiger partial charge is 0.361 e. The van der Waals surface area contributed by atoms with E-state index in [0.717, 1.165) is 5.69 Å². The molecule has 0 bridgehead atoms. The van der Waals surface area contributed by atoms with Crippen LogP contribution in [0.2, 0.25) is 0 Å². The van der Waals surface area contributed by atoms with Crippen LogP contribution in [0, 0.1) is 0 Å². The van der Waals surface area contributed by atoms with Gasteiger partial charge in [0.05, 0.1) is 12.8 Å². The Balaban J connectivity index is 2.50. The second kappa shape index (κ2) is 5.01. The molecule has 0 aliphatic heterocycles. The molecule has 0 amide bonds. The first-order valence-corrected chi connectivity index (χ1v) is 6.14. The number of para-hydroxylation sites is 1. The highest BCUT2D eigenvalue weighted by atomic mass is 32.2. The van der Waals surface area contributed by atoms with Crippen LogP contribution in [0.1, 0.15) is 10.5 Å². The lowest BCUT2D eigenvalue weighted by Gasteiger charge is -2.04. The number of carbonyl (C=O) groups excluding carboxylic acids is 1. The average Bonchev–Trinajstić information content (AvgIpc) is 2.82. The number of rotatable bonds is 3. The van der Waals surface area contributed by atoms with Crippen LogP contribution in [-0.2, 0) is 4.74 Å². The number of methoxy groups -OCH3 is 1. The summed E-state index contributed by atoms with van der Waals surface area (Å²) in [5, 5.41) is 8.49. The summed E-state index contributed by atoms with van der Waals surface area (Å²) in [6.45, 7) is 0. The number of hydrogen-bond acceptors (Lipinski definition) is 5. The van der Waals surface area contributed by atoms with E-state index >= 15 is 0 Å². The Kier molecular flexibility index (Phi) is 3.43. The molecule has 0 unspecified atom stereocenters. The third kappa shape index (κ3) is 2.16. The van der Waals surface area contributed by atoms with Gasteiger partial charge in [-0.25, -0.2) is 9.48 Å². The number of hydrogen-bond donors (Lipinski definition) is 0. The number of benzene rings is 1. The lowest BCUT2D eigenvalue weighted by Crippen LogP contribution is -2.04. The summed E-state index contributed by atoms with van der Waals surface area (Å²) in [5.41, 5.74) is 1.10. The van der Waals surface area contributed by atoms with Crippen LogP contribution in [0.15, 0.2) is 35.4 Å². The molecule has 1 heterocycles. The van der Waals surface area contributed by atoms with E-state index in [9.17, 15) is 4.79 Å². The zero-order valence-corrected chi connectivity index (χ0v) is 10.3. The van der Waals surface area contributed by atoms with Gasteiger partial charge in [0.1, 0.15) is 5.03 Å². The Morgan fingerprint density at radius 1 is 1.35 bits per heavy atom. The Morgan fingerprint density at radius 2 is 2.06 bits per heavy atom. The number of nitrogens with zero attached hydrogens (tertiary/aromatic N) is 3. The molecule has 0 saturated carbocycles. The fraction of sp³-hybridized carbons (Fsp3) is 0.182. The third-order valence-corrected chi connectivity index (χ3v) is 2.95. The van der Waals surface area contributed by atoms with Gasteiger partial charge in [-0.05, 0) is 18.4 Å². The van der Waals surface area contributed by atoms with Crippen molar-refractivity contribution in [2.45, 2.75) is 5.03 Å².